The summed E-state index contributed by atoms with van der Waals surface area (Å²) >= 11 is 0. The lowest BCUT2D eigenvalue weighted by Gasteiger charge is -2.12. The molecule has 29 heavy (non-hydrogen) atoms. The number of anilines is 1. The van der Waals surface area contributed by atoms with E-state index in [2.05, 4.69) is 10.3 Å². The van der Waals surface area contributed by atoms with E-state index in [9.17, 15) is 18.0 Å². The molecule has 0 radical (unpaired) electrons. The number of hydrogen-bond donors (Lipinski definition) is 2. The van der Waals surface area contributed by atoms with E-state index in [1.165, 1.54) is 38.4 Å². The Morgan fingerprint density at radius 2 is 1.72 bits per heavy atom. The molecule has 0 saturated heterocycles. The molecule has 8 heteroatoms. The van der Waals surface area contributed by atoms with Crippen LogP contribution in [0.15, 0.2) is 52.2 Å². The average Bonchev–Trinajstić information content (AvgIpc) is 3.18. The number of fused-ring (bicyclic) bond motifs is 3. The average molecular weight is 411 g/mol. The molecule has 1 aliphatic rings. The predicted molar refractivity (Wildman–Crippen MR) is 112 cm³/mol. The van der Waals surface area contributed by atoms with Gasteiger partial charge in [0.1, 0.15) is 0 Å². The Bertz CT molecular complexity index is 1280. The van der Waals surface area contributed by atoms with Gasteiger partial charge in [-0.15, -0.1) is 0 Å². The van der Waals surface area contributed by atoms with Crippen LogP contribution in [0.4, 0.5) is 5.69 Å². The van der Waals surface area contributed by atoms with E-state index in [1.54, 1.807) is 6.07 Å². The highest BCUT2D eigenvalue weighted by Crippen LogP contribution is 2.28. The summed E-state index contributed by atoms with van der Waals surface area (Å²) in [5, 5.41) is 3.81. The van der Waals surface area contributed by atoms with Crippen LogP contribution in [0.5, 0.6) is 0 Å². The Morgan fingerprint density at radius 3 is 2.41 bits per heavy atom. The number of hydrogen-bond acceptors (Lipinski definition) is 4. The SMILES string of the molecule is CN(C)S(=O)(=O)c1ccc(C(=O)Nc2ccc3c4c(c(=O)[nH]c3c2)CCC4)cc1. The topological polar surface area (TPSA) is 99.3 Å². The Labute approximate surface area is 168 Å². The van der Waals surface area contributed by atoms with Crippen LogP contribution < -0.4 is 10.9 Å². The first-order valence-corrected chi connectivity index (χ1v) is 10.7. The van der Waals surface area contributed by atoms with Gasteiger partial charge < -0.3 is 10.3 Å². The van der Waals surface area contributed by atoms with E-state index in [0.717, 1.165) is 40.1 Å². The number of carbonyl (C=O) groups excluding carboxylic acids is 1. The van der Waals surface area contributed by atoms with Crippen LogP contribution in [0.2, 0.25) is 0 Å². The zero-order chi connectivity index (χ0) is 20.8. The molecule has 1 aromatic heterocycles. The highest BCUT2D eigenvalue weighted by Gasteiger charge is 2.19. The number of amides is 1. The first kappa shape index (κ1) is 19.4. The van der Waals surface area contributed by atoms with E-state index >= 15 is 0 Å². The second-order valence-electron chi connectivity index (χ2n) is 7.29. The Hall–Kier alpha value is -2.97. The first-order valence-electron chi connectivity index (χ1n) is 9.29. The summed E-state index contributed by atoms with van der Waals surface area (Å²) in [5.74, 6) is -0.360. The first-order chi connectivity index (χ1) is 13.8. The zero-order valence-corrected chi connectivity index (χ0v) is 17.0. The van der Waals surface area contributed by atoms with Crippen molar-refractivity contribution in [3.63, 3.8) is 0 Å². The van der Waals surface area contributed by atoms with Crippen molar-refractivity contribution >= 4 is 32.5 Å². The zero-order valence-electron chi connectivity index (χ0n) is 16.2. The van der Waals surface area contributed by atoms with Crippen LogP contribution in [-0.4, -0.2) is 37.7 Å². The molecule has 1 aliphatic carbocycles. The highest BCUT2D eigenvalue weighted by atomic mass is 32.2. The summed E-state index contributed by atoms with van der Waals surface area (Å²) in [7, 11) is -0.636. The summed E-state index contributed by atoms with van der Waals surface area (Å²) in [6.45, 7) is 0. The van der Waals surface area contributed by atoms with Gasteiger partial charge in [-0.05, 0) is 61.2 Å². The molecular weight excluding hydrogens is 390 g/mol. The maximum absolute atomic E-state index is 12.6. The molecule has 0 fully saturated rings. The van der Waals surface area contributed by atoms with Crippen molar-refractivity contribution in [1.82, 2.24) is 9.29 Å². The number of rotatable bonds is 4. The van der Waals surface area contributed by atoms with Crippen molar-refractivity contribution in [2.24, 2.45) is 0 Å². The molecule has 150 valence electrons. The van der Waals surface area contributed by atoms with Crippen LogP contribution in [0, 0.1) is 0 Å². The lowest BCUT2D eigenvalue weighted by Crippen LogP contribution is -2.22. The molecule has 2 N–H and O–H groups in total. The Morgan fingerprint density at radius 1 is 1.03 bits per heavy atom. The van der Waals surface area contributed by atoms with E-state index in [0.29, 0.717) is 16.8 Å². The molecule has 2 aromatic carbocycles. The number of aromatic nitrogens is 1. The second kappa shape index (κ2) is 7.13. The minimum Gasteiger partial charge on any atom is -0.322 e. The summed E-state index contributed by atoms with van der Waals surface area (Å²) in [6, 6.07) is 11.2. The second-order valence-corrected chi connectivity index (χ2v) is 9.44. The lowest BCUT2D eigenvalue weighted by atomic mass is 10.1. The van der Waals surface area contributed by atoms with Gasteiger partial charge >= 0.3 is 0 Å². The predicted octanol–water partition coefficient (Wildman–Crippen LogP) is 2.52. The molecule has 0 atom stereocenters. The lowest BCUT2D eigenvalue weighted by molar-refractivity contribution is 0.102. The molecule has 0 aliphatic heterocycles. The van der Waals surface area contributed by atoms with Crippen molar-refractivity contribution in [3.8, 4) is 0 Å². The molecule has 0 spiro atoms. The quantitative estimate of drug-likeness (QED) is 0.689. The summed E-state index contributed by atoms with van der Waals surface area (Å²) < 4.78 is 25.4. The number of aryl methyl sites for hydroxylation is 1. The number of H-pyrrole nitrogens is 1. The van der Waals surface area contributed by atoms with Crippen LogP contribution >= 0.6 is 0 Å². The summed E-state index contributed by atoms with van der Waals surface area (Å²) in [4.78, 5) is 27.8. The van der Waals surface area contributed by atoms with Crippen molar-refractivity contribution < 1.29 is 13.2 Å². The van der Waals surface area contributed by atoms with Gasteiger partial charge in [-0.2, -0.15) is 0 Å². The summed E-state index contributed by atoms with van der Waals surface area (Å²) in [5.41, 5.74) is 3.49. The van der Waals surface area contributed by atoms with Crippen molar-refractivity contribution in [1.29, 1.82) is 0 Å². The largest absolute Gasteiger partial charge is 0.322 e. The van der Waals surface area contributed by atoms with Gasteiger partial charge in [0.15, 0.2) is 0 Å². The molecule has 3 aromatic rings. The summed E-state index contributed by atoms with van der Waals surface area (Å²) in [6.07, 6.45) is 2.68. The Balaban J connectivity index is 1.59. The van der Waals surface area contributed by atoms with E-state index in [-0.39, 0.29) is 16.4 Å². The molecule has 1 heterocycles. The van der Waals surface area contributed by atoms with Gasteiger partial charge in [-0.1, -0.05) is 6.07 Å². The number of nitrogens with zero attached hydrogens (tertiary/aromatic N) is 1. The van der Waals surface area contributed by atoms with Gasteiger partial charge in [-0.3, -0.25) is 9.59 Å². The van der Waals surface area contributed by atoms with E-state index < -0.39 is 10.0 Å². The van der Waals surface area contributed by atoms with Crippen molar-refractivity contribution in [3.05, 3.63) is 69.5 Å². The minimum atomic E-state index is -3.54. The fourth-order valence-electron chi connectivity index (χ4n) is 3.67. The molecule has 4 rings (SSSR count). The number of benzene rings is 2. The van der Waals surface area contributed by atoms with E-state index in [1.807, 2.05) is 12.1 Å². The Kier molecular flexibility index (Phi) is 4.76. The molecule has 0 saturated carbocycles. The fraction of sp³-hybridized carbons (Fsp3) is 0.238. The van der Waals surface area contributed by atoms with Crippen LogP contribution in [-0.2, 0) is 22.9 Å². The maximum atomic E-state index is 12.6. The van der Waals surface area contributed by atoms with Gasteiger partial charge in [0.25, 0.3) is 11.5 Å². The normalized spacial score (nSPS) is 13.6. The molecule has 7 nitrogen and oxygen atoms in total. The smallest absolute Gasteiger partial charge is 0.255 e. The van der Waals surface area contributed by atoms with Crippen LogP contribution in [0.3, 0.4) is 0 Å². The number of sulfonamides is 1. The number of aromatic amines is 1. The highest BCUT2D eigenvalue weighted by molar-refractivity contribution is 7.89. The third kappa shape index (κ3) is 3.45. The molecule has 1 amide bonds. The maximum Gasteiger partial charge on any atom is 0.255 e. The monoisotopic (exact) mass is 411 g/mol. The number of pyridine rings is 1. The van der Waals surface area contributed by atoms with Crippen LogP contribution in [0.25, 0.3) is 10.9 Å². The van der Waals surface area contributed by atoms with Gasteiger partial charge in [-0.25, -0.2) is 12.7 Å². The minimum absolute atomic E-state index is 0.0637. The van der Waals surface area contributed by atoms with Gasteiger partial charge in [0.2, 0.25) is 10.0 Å². The molecular formula is C21H21N3O4S. The molecule has 0 unspecified atom stereocenters. The van der Waals surface area contributed by atoms with Crippen molar-refractivity contribution in [2.45, 2.75) is 24.2 Å². The van der Waals surface area contributed by atoms with E-state index in [4.69, 9.17) is 0 Å². The third-order valence-electron chi connectivity index (χ3n) is 5.24. The number of carbonyl (C=O) groups is 1. The standard InChI is InChI=1S/C21H21N3O4S/c1-24(2)29(27,28)15-9-6-13(7-10-15)20(25)22-14-8-11-17-16-4-3-5-18(16)21(26)23-19(17)12-14/h6-12H,3-5H2,1-2H3,(H,22,25)(H,23,26). The van der Waals surface area contributed by atoms with Gasteiger partial charge in [0.05, 0.1) is 10.4 Å². The van der Waals surface area contributed by atoms with Gasteiger partial charge in [0, 0.05) is 36.3 Å². The molecule has 0 bridgehead atoms. The third-order valence-corrected chi connectivity index (χ3v) is 7.07. The van der Waals surface area contributed by atoms with Crippen LogP contribution in [0.1, 0.15) is 27.9 Å². The number of nitrogens with one attached hydrogen (secondary N) is 2. The van der Waals surface area contributed by atoms with Crippen molar-refractivity contribution in [2.75, 3.05) is 19.4 Å². The fourth-order valence-corrected chi connectivity index (χ4v) is 4.57.